The van der Waals surface area contributed by atoms with Crippen LogP contribution >= 0.6 is 0 Å². The molecule has 0 aromatic heterocycles. The van der Waals surface area contributed by atoms with Crippen molar-refractivity contribution in [1.29, 1.82) is 0 Å². The van der Waals surface area contributed by atoms with Gasteiger partial charge in [0, 0.05) is 13.6 Å². The van der Waals surface area contributed by atoms with Gasteiger partial charge in [0.25, 0.3) is 0 Å². The minimum absolute atomic E-state index is 0.279. The van der Waals surface area contributed by atoms with Gasteiger partial charge in [0.1, 0.15) is 11.6 Å². The van der Waals surface area contributed by atoms with Crippen LogP contribution in [-0.4, -0.2) is 66.5 Å². The summed E-state index contributed by atoms with van der Waals surface area (Å²) in [6.07, 6.45) is 0.655. The highest BCUT2D eigenvalue weighted by molar-refractivity contribution is 5.91. The molecule has 3 amide bonds. The van der Waals surface area contributed by atoms with Gasteiger partial charge < -0.3 is 25.5 Å². The second-order valence-electron chi connectivity index (χ2n) is 6.90. The molecule has 0 spiro atoms. The standard InChI is InChI=1S/C16H28N4O5/c1-10(13(22)17-5)19-12(21)9-18-14(23)11-7-6-8-20(11)15(24)25-16(2,3)4/h10-11H,6-9H2,1-5H3,(H,17,22)(H,18,23)(H,19,21)/p-1. The first-order chi connectivity index (χ1) is 11.5. The van der Waals surface area contributed by atoms with Crippen molar-refractivity contribution in [2.75, 3.05) is 20.1 Å². The van der Waals surface area contributed by atoms with E-state index in [4.69, 9.17) is 4.74 Å². The molecule has 0 aromatic rings. The first-order valence-corrected chi connectivity index (χ1v) is 8.25. The molecule has 25 heavy (non-hydrogen) atoms. The molecule has 1 aliphatic rings. The zero-order valence-electron chi connectivity index (χ0n) is 15.4. The Kier molecular flexibility index (Phi) is 7.20. The quantitative estimate of drug-likeness (QED) is 0.503. The Balaban J connectivity index is 2.53. The number of ether oxygens (including phenoxy) is 1. The molecule has 1 rings (SSSR count). The molecule has 9 nitrogen and oxygen atoms in total. The van der Waals surface area contributed by atoms with Crippen LogP contribution in [0.2, 0.25) is 0 Å². The highest BCUT2D eigenvalue weighted by atomic mass is 16.6. The molecule has 1 aliphatic heterocycles. The number of likely N-dealkylation sites (tertiary alicyclic amines) is 1. The van der Waals surface area contributed by atoms with Crippen molar-refractivity contribution in [3.63, 3.8) is 0 Å². The molecule has 1 fully saturated rings. The van der Waals surface area contributed by atoms with Gasteiger partial charge in [0.2, 0.25) is 11.8 Å². The third-order valence-electron chi connectivity index (χ3n) is 3.57. The van der Waals surface area contributed by atoms with E-state index in [9.17, 15) is 19.5 Å². The second kappa shape index (κ2) is 8.68. The second-order valence-corrected chi connectivity index (χ2v) is 6.90. The molecule has 1 saturated heterocycles. The summed E-state index contributed by atoms with van der Waals surface area (Å²) >= 11 is 0. The number of hydrogen-bond acceptors (Lipinski definition) is 6. The number of amides is 3. The lowest BCUT2D eigenvalue weighted by Gasteiger charge is -2.28. The summed E-state index contributed by atoms with van der Waals surface area (Å²) in [4.78, 5) is 41.1. The lowest BCUT2D eigenvalue weighted by atomic mass is 10.2. The molecule has 9 heteroatoms. The maximum absolute atomic E-state index is 12.3. The minimum Gasteiger partial charge on any atom is -0.861 e. The molecule has 1 heterocycles. The van der Waals surface area contributed by atoms with Gasteiger partial charge in [-0.05, 0) is 46.4 Å². The highest BCUT2D eigenvalue weighted by Gasteiger charge is 2.36. The molecule has 0 bridgehead atoms. The van der Waals surface area contributed by atoms with Crippen molar-refractivity contribution >= 4 is 23.8 Å². The molecular weight excluding hydrogens is 328 g/mol. The Morgan fingerprint density at radius 3 is 2.56 bits per heavy atom. The van der Waals surface area contributed by atoms with Gasteiger partial charge in [-0.15, -0.1) is 0 Å². The van der Waals surface area contributed by atoms with Crippen molar-refractivity contribution in [2.45, 2.75) is 58.2 Å². The fraction of sp³-hybridized carbons (Fsp3) is 0.750. The Labute approximate surface area is 147 Å². The number of aliphatic imine (C=N–C) groups is 1. The minimum atomic E-state index is -0.751. The molecule has 0 radical (unpaired) electrons. The van der Waals surface area contributed by atoms with Gasteiger partial charge in [0.15, 0.2) is 0 Å². The predicted octanol–water partition coefficient (Wildman–Crippen LogP) is -0.605. The molecule has 2 unspecified atom stereocenters. The van der Waals surface area contributed by atoms with Crippen LogP contribution in [0.15, 0.2) is 4.99 Å². The molecule has 0 aromatic carbocycles. The average Bonchev–Trinajstić information content (AvgIpc) is 2.99. The van der Waals surface area contributed by atoms with Crippen LogP contribution in [0, 0.1) is 0 Å². The Morgan fingerprint density at radius 1 is 1.36 bits per heavy atom. The molecular formula is C16H27N4O5-. The van der Waals surface area contributed by atoms with E-state index in [1.54, 1.807) is 20.8 Å². The Morgan fingerprint density at radius 2 is 2.00 bits per heavy atom. The first-order valence-electron chi connectivity index (χ1n) is 8.25. The van der Waals surface area contributed by atoms with Gasteiger partial charge in [0.05, 0.1) is 12.6 Å². The van der Waals surface area contributed by atoms with Gasteiger partial charge in [-0.1, -0.05) is 0 Å². The Hall–Kier alpha value is -2.32. The number of hydrogen-bond donors (Lipinski definition) is 2. The molecule has 0 aliphatic carbocycles. The fourth-order valence-electron chi connectivity index (χ4n) is 2.41. The summed E-state index contributed by atoms with van der Waals surface area (Å²) in [6.45, 7) is 6.93. The smallest absolute Gasteiger partial charge is 0.410 e. The SMILES string of the molecule is CN=C([O-])C(C)NC(=O)CNC(=O)C1CCCN1C(=O)OC(C)(C)C. The predicted molar refractivity (Wildman–Crippen MR) is 89.9 cm³/mol. The zero-order valence-corrected chi connectivity index (χ0v) is 15.4. The van der Waals surface area contributed by atoms with Gasteiger partial charge in [-0.2, -0.15) is 0 Å². The van der Waals surface area contributed by atoms with Crippen molar-refractivity contribution in [3.05, 3.63) is 0 Å². The third-order valence-corrected chi connectivity index (χ3v) is 3.57. The van der Waals surface area contributed by atoms with E-state index in [0.29, 0.717) is 19.4 Å². The maximum atomic E-state index is 12.3. The molecule has 142 valence electrons. The van der Waals surface area contributed by atoms with Gasteiger partial charge >= 0.3 is 6.09 Å². The number of nitrogens with one attached hydrogen (secondary N) is 2. The van der Waals surface area contributed by atoms with E-state index in [1.807, 2.05) is 0 Å². The van der Waals surface area contributed by atoms with Crippen molar-refractivity contribution < 1.29 is 24.2 Å². The van der Waals surface area contributed by atoms with Crippen molar-refractivity contribution in [1.82, 2.24) is 15.5 Å². The average molecular weight is 355 g/mol. The van der Waals surface area contributed by atoms with E-state index < -0.39 is 41.5 Å². The topological polar surface area (TPSA) is 123 Å². The summed E-state index contributed by atoms with van der Waals surface area (Å²) in [6, 6.07) is -1.41. The van der Waals surface area contributed by atoms with E-state index in [2.05, 4.69) is 15.6 Å². The van der Waals surface area contributed by atoms with Crippen LogP contribution < -0.4 is 15.7 Å². The van der Waals surface area contributed by atoms with Crippen LogP contribution in [-0.2, 0) is 14.3 Å². The summed E-state index contributed by atoms with van der Waals surface area (Å²) in [5, 5.41) is 16.2. The summed E-state index contributed by atoms with van der Waals surface area (Å²) in [7, 11) is 1.35. The van der Waals surface area contributed by atoms with E-state index in [1.165, 1.54) is 18.9 Å². The van der Waals surface area contributed by atoms with Gasteiger partial charge in [-0.25, -0.2) is 4.79 Å². The zero-order chi connectivity index (χ0) is 19.2. The number of nitrogens with zero attached hydrogens (tertiary/aromatic N) is 2. The molecule has 2 N–H and O–H groups in total. The van der Waals surface area contributed by atoms with Crippen LogP contribution in [0.1, 0.15) is 40.5 Å². The maximum Gasteiger partial charge on any atom is 0.410 e. The van der Waals surface area contributed by atoms with E-state index >= 15 is 0 Å². The van der Waals surface area contributed by atoms with Crippen LogP contribution in [0.5, 0.6) is 0 Å². The van der Waals surface area contributed by atoms with Crippen LogP contribution in [0.25, 0.3) is 0 Å². The lowest BCUT2D eigenvalue weighted by molar-refractivity contribution is -0.221. The van der Waals surface area contributed by atoms with Crippen molar-refractivity contribution in [3.8, 4) is 0 Å². The summed E-state index contributed by atoms with van der Waals surface area (Å²) < 4.78 is 5.30. The van der Waals surface area contributed by atoms with E-state index in [0.717, 1.165) is 0 Å². The largest absolute Gasteiger partial charge is 0.861 e. The number of rotatable bonds is 5. The monoisotopic (exact) mass is 355 g/mol. The first kappa shape index (κ1) is 20.7. The van der Waals surface area contributed by atoms with Crippen molar-refractivity contribution in [2.24, 2.45) is 4.99 Å². The van der Waals surface area contributed by atoms with Gasteiger partial charge in [-0.3, -0.25) is 14.5 Å². The van der Waals surface area contributed by atoms with Crippen LogP contribution in [0.3, 0.4) is 0 Å². The number of carbonyl (C=O) groups is 3. The Bertz CT molecular complexity index is 541. The normalized spacial score (nSPS) is 19.3. The summed E-state index contributed by atoms with van der Waals surface area (Å²) in [5.41, 5.74) is -0.645. The summed E-state index contributed by atoms with van der Waals surface area (Å²) in [5.74, 6) is -1.37. The third kappa shape index (κ3) is 6.60. The molecule has 2 atom stereocenters. The van der Waals surface area contributed by atoms with E-state index in [-0.39, 0.29) is 6.54 Å². The highest BCUT2D eigenvalue weighted by Crippen LogP contribution is 2.20. The lowest BCUT2D eigenvalue weighted by Crippen LogP contribution is -2.51. The number of carbonyl (C=O) groups excluding carboxylic acids is 3. The van der Waals surface area contributed by atoms with Crippen LogP contribution in [0.4, 0.5) is 4.79 Å². The molecule has 0 saturated carbocycles. The fourth-order valence-corrected chi connectivity index (χ4v) is 2.41.